The van der Waals surface area contributed by atoms with E-state index in [2.05, 4.69) is 21.4 Å². The number of nitriles is 1. The summed E-state index contributed by atoms with van der Waals surface area (Å²) in [7, 11) is 1.30. The van der Waals surface area contributed by atoms with E-state index in [1.165, 1.54) is 19.3 Å². The number of nitrogens with zero attached hydrogens (tertiary/aromatic N) is 5. The topological polar surface area (TPSA) is 91.5 Å². The predicted octanol–water partition coefficient (Wildman–Crippen LogP) is 3.71. The number of rotatable bonds is 8. The van der Waals surface area contributed by atoms with Crippen LogP contribution in [-0.4, -0.2) is 60.3 Å². The van der Waals surface area contributed by atoms with Gasteiger partial charge in [-0.15, -0.1) is 0 Å². The SMILES string of the molecule is C=C(C=CC#N)CCCN1CCN(c2ccc(-n3ccc4nc(C(=O)OC)ccc4c3=O)cc2)CC1. The third-order valence-corrected chi connectivity index (χ3v) is 6.38. The molecule has 0 amide bonds. The normalized spacial score (nSPS) is 14.2. The smallest absolute Gasteiger partial charge is 0.356 e. The van der Waals surface area contributed by atoms with Gasteiger partial charge in [0.25, 0.3) is 5.56 Å². The van der Waals surface area contributed by atoms with Crippen molar-refractivity contribution >= 4 is 22.6 Å². The van der Waals surface area contributed by atoms with Gasteiger partial charge in [0.15, 0.2) is 0 Å². The van der Waals surface area contributed by atoms with Crippen LogP contribution in [0.25, 0.3) is 16.6 Å². The number of fused-ring (bicyclic) bond motifs is 1. The number of piperazine rings is 1. The second-order valence-corrected chi connectivity index (χ2v) is 8.68. The average Bonchev–Trinajstić information content (AvgIpc) is 2.92. The van der Waals surface area contributed by atoms with Gasteiger partial charge < -0.3 is 9.64 Å². The van der Waals surface area contributed by atoms with Crippen molar-refractivity contribution in [2.45, 2.75) is 12.8 Å². The van der Waals surface area contributed by atoms with Crippen LogP contribution in [0, 0.1) is 11.3 Å². The van der Waals surface area contributed by atoms with Crippen molar-refractivity contribution in [3.8, 4) is 11.8 Å². The quantitative estimate of drug-likeness (QED) is 0.274. The fourth-order valence-corrected chi connectivity index (χ4v) is 4.37. The van der Waals surface area contributed by atoms with Crippen LogP contribution in [0.1, 0.15) is 23.3 Å². The molecule has 0 N–H and O–H groups in total. The third-order valence-electron chi connectivity index (χ3n) is 6.38. The molecule has 8 nitrogen and oxygen atoms in total. The number of benzene rings is 1. The molecule has 8 heteroatoms. The van der Waals surface area contributed by atoms with E-state index >= 15 is 0 Å². The number of hydrogen-bond acceptors (Lipinski definition) is 7. The van der Waals surface area contributed by atoms with Crippen molar-refractivity contribution in [3.05, 3.63) is 89.0 Å². The number of esters is 1. The number of pyridine rings is 2. The molecule has 4 rings (SSSR count). The highest BCUT2D eigenvalue weighted by atomic mass is 16.5. The standard InChI is InChI=1S/C28H29N5O3/c1-21(5-3-14-29)6-4-15-31-17-19-32(20-18-31)22-7-9-23(10-8-22)33-16-13-25-24(27(33)34)11-12-26(30-25)28(35)36-2/h3,5,7-13,16H,1,4,6,15,17-20H2,2H3. The molecular formula is C28H29N5O3. The number of allylic oxidation sites excluding steroid dienone is 3. The lowest BCUT2D eigenvalue weighted by Gasteiger charge is -2.36. The Morgan fingerprint density at radius 2 is 1.83 bits per heavy atom. The molecule has 3 aromatic rings. The van der Waals surface area contributed by atoms with Gasteiger partial charge in [-0.2, -0.15) is 5.26 Å². The lowest BCUT2D eigenvalue weighted by Crippen LogP contribution is -2.46. The Morgan fingerprint density at radius 1 is 1.11 bits per heavy atom. The highest BCUT2D eigenvalue weighted by Crippen LogP contribution is 2.20. The van der Waals surface area contributed by atoms with Crippen LogP contribution in [0.5, 0.6) is 0 Å². The largest absolute Gasteiger partial charge is 0.464 e. The molecule has 0 saturated carbocycles. The molecule has 1 fully saturated rings. The molecular weight excluding hydrogens is 454 g/mol. The highest BCUT2D eigenvalue weighted by Gasteiger charge is 2.17. The van der Waals surface area contributed by atoms with Gasteiger partial charge in [-0.1, -0.05) is 12.2 Å². The van der Waals surface area contributed by atoms with Gasteiger partial charge in [0, 0.05) is 49.8 Å². The first kappa shape index (κ1) is 24.9. The number of carbonyl (C=O) groups excluding carboxylic acids is 1. The van der Waals surface area contributed by atoms with E-state index in [1.807, 2.05) is 30.3 Å². The number of methoxy groups -OCH3 is 1. The van der Waals surface area contributed by atoms with Crippen molar-refractivity contribution in [1.82, 2.24) is 14.5 Å². The molecule has 0 atom stereocenters. The Kier molecular flexibility index (Phi) is 7.93. The van der Waals surface area contributed by atoms with Crippen molar-refractivity contribution < 1.29 is 9.53 Å². The summed E-state index contributed by atoms with van der Waals surface area (Å²) in [6, 6.07) is 14.8. The van der Waals surface area contributed by atoms with Crippen molar-refractivity contribution in [1.29, 1.82) is 5.26 Å². The summed E-state index contributed by atoms with van der Waals surface area (Å²) in [6.45, 7) is 8.88. The summed E-state index contributed by atoms with van der Waals surface area (Å²) in [6.07, 6.45) is 6.87. The molecule has 36 heavy (non-hydrogen) atoms. The number of carbonyl (C=O) groups is 1. The molecule has 1 aliphatic rings. The second kappa shape index (κ2) is 11.5. The van der Waals surface area contributed by atoms with Gasteiger partial charge in [0.1, 0.15) is 5.69 Å². The van der Waals surface area contributed by atoms with Crippen molar-refractivity contribution in [2.24, 2.45) is 0 Å². The lowest BCUT2D eigenvalue weighted by atomic mass is 10.1. The maximum atomic E-state index is 13.1. The summed E-state index contributed by atoms with van der Waals surface area (Å²) in [4.78, 5) is 33.8. The van der Waals surface area contributed by atoms with Gasteiger partial charge >= 0.3 is 5.97 Å². The van der Waals surface area contributed by atoms with E-state index in [0.29, 0.717) is 10.9 Å². The number of anilines is 1. The minimum Gasteiger partial charge on any atom is -0.464 e. The molecule has 1 aromatic carbocycles. The van der Waals surface area contributed by atoms with Gasteiger partial charge in [-0.05, 0) is 67.9 Å². The van der Waals surface area contributed by atoms with Gasteiger partial charge in [0.05, 0.1) is 24.1 Å². The van der Waals surface area contributed by atoms with Gasteiger partial charge in [0.2, 0.25) is 0 Å². The Bertz CT molecular complexity index is 1380. The second-order valence-electron chi connectivity index (χ2n) is 8.68. The Hall–Kier alpha value is -4.22. The fraction of sp³-hybridized carbons (Fsp3) is 0.286. The van der Waals surface area contributed by atoms with E-state index < -0.39 is 5.97 Å². The first-order valence-electron chi connectivity index (χ1n) is 11.9. The molecule has 2 aromatic heterocycles. The van der Waals surface area contributed by atoms with Crippen LogP contribution >= 0.6 is 0 Å². The minimum absolute atomic E-state index is 0.171. The maximum Gasteiger partial charge on any atom is 0.356 e. The van der Waals surface area contributed by atoms with Crippen molar-refractivity contribution in [3.63, 3.8) is 0 Å². The first-order valence-corrected chi connectivity index (χ1v) is 11.9. The molecule has 0 radical (unpaired) electrons. The Labute approximate surface area is 210 Å². The fourth-order valence-electron chi connectivity index (χ4n) is 4.37. The van der Waals surface area contributed by atoms with E-state index in [1.54, 1.807) is 29.0 Å². The zero-order valence-electron chi connectivity index (χ0n) is 20.4. The Balaban J connectivity index is 1.37. The number of aromatic nitrogens is 2. The van der Waals surface area contributed by atoms with Crippen LogP contribution in [0.2, 0.25) is 0 Å². The molecule has 0 bridgehead atoms. The molecule has 1 aliphatic heterocycles. The number of hydrogen-bond donors (Lipinski definition) is 0. The monoisotopic (exact) mass is 483 g/mol. The minimum atomic E-state index is -0.534. The van der Waals surface area contributed by atoms with E-state index in [4.69, 9.17) is 10.00 Å². The van der Waals surface area contributed by atoms with Crippen LogP contribution in [0.15, 0.2) is 77.8 Å². The maximum absolute atomic E-state index is 13.1. The third kappa shape index (κ3) is 5.70. The molecule has 0 unspecified atom stereocenters. The molecule has 0 spiro atoms. The lowest BCUT2D eigenvalue weighted by molar-refractivity contribution is 0.0594. The molecule has 3 heterocycles. The molecule has 184 valence electrons. The van der Waals surface area contributed by atoms with Gasteiger partial charge in [-0.25, -0.2) is 9.78 Å². The first-order chi connectivity index (χ1) is 17.5. The van der Waals surface area contributed by atoms with Crippen LogP contribution in [0.4, 0.5) is 5.69 Å². The molecule has 0 aliphatic carbocycles. The van der Waals surface area contributed by atoms with Crippen LogP contribution in [0.3, 0.4) is 0 Å². The predicted molar refractivity (Wildman–Crippen MR) is 140 cm³/mol. The number of ether oxygens (including phenoxy) is 1. The van der Waals surface area contributed by atoms with Crippen LogP contribution < -0.4 is 10.5 Å². The zero-order chi connectivity index (χ0) is 25.5. The van der Waals surface area contributed by atoms with Crippen molar-refractivity contribution in [2.75, 3.05) is 44.7 Å². The zero-order valence-corrected chi connectivity index (χ0v) is 20.4. The Morgan fingerprint density at radius 3 is 2.53 bits per heavy atom. The summed E-state index contributed by atoms with van der Waals surface area (Å²) in [5.41, 5.74) is 3.33. The summed E-state index contributed by atoms with van der Waals surface area (Å²) in [5.74, 6) is -0.534. The summed E-state index contributed by atoms with van der Waals surface area (Å²) in [5, 5.41) is 9.04. The molecule has 1 saturated heterocycles. The van der Waals surface area contributed by atoms with E-state index in [-0.39, 0.29) is 11.3 Å². The average molecular weight is 484 g/mol. The van der Waals surface area contributed by atoms with Crippen LogP contribution in [-0.2, 0) is 4.74 Å². The van der Waals surface area contributed by atoms with E-state index in [0.717, 1.165) is 62.5 Å². The van der Waals surface area contributed by atoms with Gasteiger partial charge in [-0.3, -0.25) is 14.3 Å². The highest BCUT2D eigenvalue weighted by molar-refractivity contribution is 5.90. The summed E-state index contributed by atoms with van der Waals surface area (Å²) < 4.78 is 6.29. The summed E-state index contributed by atoms with van der Waals surface area (Å²) >= 11 is 0. The van der Waals surface area contributed by atoms with E-state index in [9.17, 15) is 9.59 Å².